The molecular weight excluding hydrogens is 338 g/mol. The molecule has 4 heterocycles. The number of morpholine rings is 1. The van der Waals surface area contributed by atoms with E-state index in [1.165, 1.54) is 0 Å². The number of anilines is 1. The molecule has 0 saturated carbocycles. The number of furan rings is 1. The quantitative estimate of drug-likeness (QED) is 0.768. The van der Waals surface area contributed by atoms with Gasteiger partial charge in [0.2, 0.25) is 17.7 Å². The summed E-state index contributed by atoms with van der Waals surface area (Å²) in [6, 6.07) is 3.82. The van der Waals surface area contributed by atoms with Crippen LogP contribution >= 0.6 is 0 Å². The Kier molecular flexibility index (Phi) is 4.64. The van der Waals surface area contributed by atoms with Crippen molar-refractivity contribution in [2.75, 3.05) is 51.5 Å². The molecule has 9 nitrogen and oxygen atoms in total. The van der Waals surface area contributed by atoms with E-state index in [9.17, 15) is 4.79 Å². The van der Waals surface area contributed by atoms with E-state index < -0.39 is 0 Å². The SMILES string of the molecule is COCCn1c(-c2ccc(C)o2)nnc1N1CC(=O)N2CCOCC2C1. The monoisotopic (exact) mass is 361 g/mol. The van der Waals surface area contributed by atoms with Gasteiger partial charge in [0.25, 0.3) is 0 Å². The lowest BCUT2D eigenvalue weighted by Crippen LogP contribution is -2.61. The largest absolute Gasteiger partial charge is 0.458 e. The fraction of sp³-hybridized carbons (Fsp3) is 0.588. The zero-order chi connectivity index (χ0) is 18.1. The van der Waals surface area contributed by atoms with Gasteiger partial charge >= 0.3 is 0 Å². The van der Waals surface area contributed by atoms with Gasteiger partial charge in [-0.1, -0.05) is 0 Å². The van der Waals surface area contributed by atoms with E-state index >= 15 is 0 Å². The minimum absolute atomic E-state index is 0.0480. The molecule has 1 amide bonds. The van der Waals surface area contributed by atoms with Gasteiger partial charge < -0.3 is 23.7 Å². The van der Waals surface area contributed by atoms with Crippen molar-refractivity contribution in [3.05, 3.63) is 17.9 Å². The van der Waals surface area contributed by atoms with Gasteiger partial charge in [0.15, 0.2) is 5.76 Å². The second-order valence-corrected chi connectivity index (χ2v) is 6.57. The van der Waals surface area contributed by atoms with Crippen LogP contribution in [0.4, 0.5) is 5.95 Å². The summed E-state index contributed by atoms with van der Waals surface area (Å²) >= 11 is 0. The third-order valence-corrected chi connectivity index (χ3v) is 4.80. The lowest BCUT2D eigenvalue weighted by atomic mass is 10.1. The molecule has 1 unspecified atom stereocenters. The molecule has 0 spiro atoms. The molecule has 2 aliphatic rings. The fourth-order valence-electron chi connectivity index (χ4n) is 3.51. The molecule has 2 fully saturated rings. The molecule has 0 aromatic carbocycles. The normalized spacial score (nSPS) is 20.5. The van der Waals surface area contributed by atoms with Crippen LogP contribution in [0, 0.1) is 6.92 Å². The van der Waals surface area contributed by atoms with Crippen molar-refractivity contribution in [3.63, 3.8) is 0 Å². The van der Waals surface area contributed by atoms with Crippen LogP contribution in [0.3, 0.4) is 0 Å². The molecule has 4 rings (SSSR count). The van der Waals surface area contributed by atoms with Crippen molar-refractivity contribution in [2.24, 2.45) is 0 Å². The van der Waals surface area contributed by atoms with Crippen molar-refractivity contribution in [3.8, 4) is 11.6 Å². The first-order chi connectivity index (χ1) is 12.7. The van der Waals surface area contributed by atoms with Crippen molar-refractivity contribution in [1.29, 1.82) is 0 Å². The summed E-state index contributed by atoms with van der Waals surface area (Å²) in [5.74, 6) is 2.86. The van der Waals surface area contributed by atoms with E-state index in [-0.39, 0.29) is 11.9 Å². The molecule has 2 aliphatic heterocycles. The Balaban J connectivity index is 1.65. The van der Waals surface area contributed by atoms with Crippen LogP contribution in [0.1, 0.15) is 5.76 Å². The van der Waals surface area contributed by atoms with Gasteiger partial charge in [-0.25, -0.2) is 0 Å². The minimum Gasteiger partial charge on any atom is -0.458 e. The molecule has 0 aliphatic carbocycles. The maximum atomic E-state index is 12.5. The highest BCUT2D eigenvalue weighted by molar-refractivity contribution is 5.83. The zero-order valence-electron chi connectivity index (χ0n) is 15.1. The van der Waals surface area contributed by atoms with Crippen molar-refractivity contribution >= 4 is 11.9 Å². The molecular formula is C17H23N5O4. The zero-order valence-corrected chi connectivity index (χ0v) is 15.1. The highest BCUT2D eigenvalue weighted by atomic mass is 16.5. The average Bonchev–Trinajstić information content (AvgIpc) is 3.25. The van der Waals surface area contributed by atoms with Crippen LogP contribution in [-0.2, 0) is 20.8 Å². The second kappa shape index (κ2) is 7.08. The number of piperazine rings is 1. The molecule has 0 N–H and O–H groups in total. The topological polar surface area (TPSA) is 85.9 Å². The number of amides is 1. The van der Waals surface area contributed by atoms with E-state index in [1.807, 2.05) is 33.4 Å². The first-order valence-corrected chi connectivity index (χ1v) is 8.78. The van der Waals surface area contributed by atoms with Crippen LogP contribution < -0.4 is 4.90 Å². The van der Waals surface area contributed by atoms with Gasteiger partial charge in [0, 0.05) is 20.2 Å². The first kappa shape index (κ1) is 17.0. The molecule has 0 radical (unpaired) electrons. The van der Waals surface area contributed by atoms with Crippen molar-refractivity contribution in [1.82, 2.24) is 19.7 Å². The number of hydrogen-bond donors (Lipinski definition) is 0. The summed E-state index contributed by atoms with van der Waals surface area (Å²) in [4.78, 5) is 16.4. The number of rotatable bonds is 5. The Hall–Kier alpha value is -2.39. The van der Waals surface area contributed by atoms with E-state index in [4.69, 9.17) is 13.9 Å². The highest BCUT2D eigenvalue weighted by Gasteiger charge is 2.36. The minimum atomic E-state index is 0.0480. The Morgan fingerprint density at radius 2 is 2.23 bits per heavy atom. The Bertz CT molecular complexity index is 786. The highest BCUT2D eigenvalue weighted by Crippen LogP contribution is 2.26. The number of carbonyl (C=O) groups is 1. The van der Waals surface area contributed by atoms with E-state index in [0.29, 0.717) is 63.5 Å². The van der Waals surface area contributed by atoms with Gasteiger partial charge in [-0.05, 0) is 19.1 Å². The number of aryl methyl sites for hydroxylation is 1. The molecule has 1 atom stereocenters. The number of aromatic nitrogens is 3. The van der Waals surface area contributed by atoms with E-state index in [1.54, 1.807) is 7.11 Å². The number of hydrogen-bond acceptors (Lipinski definition) is 7. The van der Waals surface area contributed by atoms with Crippen molar-refractivity contribution in [2.45, 2.75) is 19.5 Å². The third kappa shape index (κ3) is 3.08. The van der Waals surface area contributed by atoms with Gasteiger partial charge in [-0.15, -0.1) is 10.2 Å². The Morgan fingerprint density at radius 3 is 3.00 bits per heavy atom. The van der Waals surface area contributed by atoms with Gasteiger partial charge in [0.1, 0.15) is 12.3 Å². The first-order valence-electron chi connectivity index (χ1n) is 8.78. The maximum Gasteiger partial charge on any atom is 0.242 e. The summed E-state index contributed by atoms with van der Waals surface area (Å²) in [6.07, 6.45) is 0. The summed E-state index contributed by atoms with van der Waals surface area (Å²) in [7, 11) is 1.66. The van der Waals surface area contributed by atoms with Crippen LogP contribution in [0.5, 0.6) is 0 Å². The predicted octanol–water partition coefficient (Wildman–Crippen LogP) is 0.540. The third-order valence-electron chi connectivity index (χ3n) is 4.80. The van der Waals surface area contributed by atoms with Crippen LogP contribution in [0.25, 0.3) is 11.6 Å². The number of nitrogens with zero attached hydrogens (tertiary/aromatic N) is 5. The standard InChI is InChI=1S/C17H23N5O4/c1-12-3-4-14(26-12)16-18-19-17(22(16)5-7-24-2)20-9-13-11-25-8-6-21(13)15(23)10-20/h3-4,13H,5-11H2,1-2H3. The summed E-state index contributed by atoms with van der Waals surface area (Å²) < 4.78 is 18.5. The lowest BCUT2D eigenvalue weighted by Gasteiger charge is -2.43. The van der Waals surface area contributed by atoms with Crippen LogP contribution in [0.2, 0.25) is 0 Å². The fourth-order valence-corrected chi connectivity index (χ4v) is 3.51. The maximum absolute atomic E-state index is 12.5. The molecule has 9 heteroatoms. The average molecular weight is 361 g/mol. The van der Waals surface area contributed by atoms with Crippen LogP contribution in [-0.4, -0.2) is 78.2 Å². The number of carbonyl (C=O) groups excluding carboxylic acids is 1. The summed E-state index contributed by atoms with van der Waals surface area (Å²) in [6.45, 7) is 5.76. The lowest BCUT2D eigenvalue weighted by molar-refractivity contribution is -0.140. The predicted molar refractivity (Wildman–Crippen MR) is 92.9 cm³/mol. The second-order valence-electron chi connectivity index (χ2n) is 6.57. The molecule has 2 aromatic rings. The molecule has 2 aromatic heterocycles. The Labute approximate surface area is 151 Å². The van der Waals surface area contributed by atoms with E-state index in [2.05, 4.69) is 10.2 Å². The smallest absolute Gasteiger partial charge is 0.242 e. The number of methoxy groups -OCH3 is 1. The van der Waals surface area contributed by atoms with Gasteiger partial charge in [-0.2, -0.15) is 0 Å². The molecule has 0 bridgehead atoms. The van der Waals surface area contributed by atoms with Gasteiger partial charge in [0.05, 0.1) is 32.4 Å². The molecule has 26 heavy (non-hydrogen) atoms. The van der Waals surface area contributed by atoms with Crippen molar-refractivity contribution < 1.29 is 18.7 Å². The molecule has 2 saturated heterocycles. The number of fused-ring (bicyclic) bond motifs is 1. The summed E-state index contributed by atoms with van der Waals surface area (Å²) in [5, 5.41) is 8.68. The van der Waals surface area contributed by atoms with Gasteiger partial charge in [-0.3, -0.25) is 9.36 Å². The Morgan fingerprint density at radius 1 is 1.35 bits per heavy atom. The van der Waals surface area contributed by atoms with Crippen LogP contribution in [0.15, 0.2) is 16.5 Å². The molecule has 140 valence electrons. The number of ether oxygens (including phenoxy) is 2. The summed E-state index contributed by atoms with van der Waals surface area (Å²) in [5.41, 5.74) is 0. The van der Waals surface area contributed by atoms with E-state index in [0.717, 1.165) is 5.76 Å².